The molecule has 1 unspecified atom stereocenters. The van der Waals surface area contributed by atoms with E-state index in [2.05, 4.69) is 13.0 Å². The molecule has 0 heterocycles. The van der Waals surface area contributed by atoms with Gasteiger partial charge >= 0.3 is 0 Å². The van der Waals surface area contributed by atoms with Gasteiger partial charge in [-0.1, -0.05) is 79.2 Å². The molecule has 0 aliphatic heterocycles. The second-order valence-corrected chi connectivity index (χ2v) is 7.84. The molecule has 0 bridgehead atoms. The average Bonchev–Trinajstić information content (AvgIpc) is 2.67. The minimum absolute atomic E-state index is 0.384. The molecule has 3 N–H and O–H groups in total. The Morgan fingerprint density at radius 1 is 1.00 bits per heavy atom. The van der Waals surface area contributed by atoms with Gasteiger partial charge in [-0.15, -0.1) is 0 Å². The van der Waals surface area contributed by atoms with E-state index in [1.54, 1.807) is 0 Å². The fourth-order valence-electron chi connectivity index (χ4n) is 3.56. The van der Waals surface area contributed by atoms with Gasteiger partial charge < -0.3 is 15.6 Å². The Kier molecular flexibility index (Phi) is 6.74. The largest absolute Gasteiger partial charge is 0.489 e. The van der Waals surface area contributed by atoms with Crippen molar-refractivity contribution in [1.82, 2.24) is 0 Å². The Hall–Kier alpha value is -2.33. The molecular formula is C24H26ClNO2. The predicted molar refractivity (Wildman–Crippen MR) is 115 cm³/mol. The second kappa shape index (κ2) is 9.24. The van der Waals surface area contributed by atoms with Crippen LogP contribution in [-0.4, -0.2) is 11.3 Å². The van der Waals surface area contributed by atoms with Crippen molar-refractivity contribution in [2.45, 2.75) is 38.0 Å². The molecule has 3 aromatic rings. The molecule has 0 saturated carbocycles. The molecule has 146 valence electrons. The van der Waals surface area contributed by atoms with Crippen LogP contribution in [0.3, 0.4) is 0 Å². The van der Waals surface area contributed by atoms with Crippen LogP contribution in [0, 0.1) is 0 Å². The second-order valence-electron chi connectivity index (χ2n) is 7.40. The van der Waals surface area contributed by atoms with Crippen LogP contribution in [0.1, 0.15) is 30.0 Å². The molecule has 0 radical (unpaired) electrons. The number of rotatable bonds is 8. The summed E-state index contributed by atoms with van der Waals surface area (Å²) in [5.74, 6) is 0.839. The summed E-state index contributed by atoms with van der Waals surface area (Å²) in [4.78, 5) is 0. The molecule has 0 saturated heterocycles. The van der Waals surface area contributed by atoms with Gasteiger partial charge in [0.2, 0.25) is 0 Å². The molecule has 0 aliphatic rings. The third-order valence-electron chi connectivity index (χ3n) is 4.97. The van der Waals surface area contributed by atoms with Crippen molar-refractivity contribution in [2.24, 2.45) is 5.73 Å². The van der Waals surface area contributed by atoms with Crippen molar-refractivity contribution in [2.75, 3.05) is 0 Å². The summed E-state index contributed by atoms with van der Waals surface area (Å²) < 4.78 is 6.11. The molecule has 0 aromatic heterocycles. The predicted octanol–water partition coefficient (Wildman–Crippen LogP) is 5.09. The summed E-state index contributed by atoms with van der Waals surface area (Å²) in [7, 11) is 0. The normalized spacial score (nSPS) is 14.3. The van der Waals surface area contributed by atoms with Crippen LogP contribution >= 0.6 is 11.6 Å². The molecule has 0 fully saturated rings. The highest BCUT2D eigenvalue weighted by Crippen LogP contribution is 2.36. The summed E-state index contributed by atoms with van der Waals surface area (Å²) >= 11 is 6.22. The summed E-state index contributed by atoms with van der Waals surface area (Å²) in [6, 6.07) is 25.9. The number of benzene rings is 3. The van der Waals surface area contributed by atoms with E-state index < -0.39 is 6.23 Å². The van der Waals surface area contributed by atoms with Crippen molar-refractivity contribution >= 4 is 11.6 Å². The zero-order valence-corrected chi connectivity index (χ0v) is 16.8. The first-order valence-electron chi connectivity index (χ1n) is 9.41. The first kappa shape index (κ1) is 20.4. The highest BCUT2D eigenvalue weighted by atomic mass is 35.5. The Morgan fingerprint density at radius 2 is 1.71 bits per heavy atom. The molecule has 3 rings (SSSR count). The Balaban J connectivity index is 1.86. The molecular weight excluding hydrogens is 370 g/mol. The zero-order chi connectivity index (χ0) is 20.0. The van der Waals surface area contributed by atoms with E-state index in [1.807, 2.05) is 72.8 Å². The molecule has 0 spiro atoms. The maximum absolute atomic E-state index is 9.93. The smallest absolute Gasteiger partial charge is 0.123 e. The third-order valence-corrected chi connectivity index (χ3v) is 5.21. The number of ether oxygens (including phenoxy) is 1. The van der Waals surface area contributed by atoms with E-state index in [-0.39, 0.29) is 5.41 Å². The average molecular weight is 396 g/mol. The van der Waals surface area contributed by atoms with Gasteiger partial charge in [0.05, 0.1) is 0 Å². The van der Waals surface area contributed by atoms with Gasteiger partial charge in [0.1, 0.15) is 18.6 Å². The molecule has 3 nitrogen and oxygen atoms in total. The first-order valence-corrected chi connectivity index (χ1v) is 9.78. The third kappa shape index (κ3) is 5.35. The summed E-state index contributed by atoms with van der Waals surface area (Å²) in [6.45, 7) is 2.61. The topological polar surface area (TPSA) is 55.5 Å². The SMILES string of the molecule is CC(Cc1ccccc1OCc1ccccc1)(C[C@H](N)O)c1cccc(Cl)c1. The molecule has 0 amide bonds. The van der Waals surface area contributed by atoms with Crippen molar-refractivity contribution in [3.05, 3.63) is 101 Å². The van der Waals surface area contributed by atoms with Gasteiger partial charge in [-0.05, 0) is 47.7 Å². The molecule has 28 heavy (non-hydrogen) atoms. The Labute approximate surface area is 171 Å². The lowest BCUT2D eigenvalue weighted by Crippen LogP contribution is -2.34. The van der Waals surface area contributed by atoms with Crippen molar-refractivity contribution in [1.29, 1.82) is 0 Å². The van der Waals surface area contributed by atoms with Gasteiger partial charge in [-0.3, -0.25) is 0 Å². The van der Waals surface area contributed by atoms with Gasteiger partial charge in [0.15, 0.2) is 0 Å². The fraction of sp³-hybridized carbons (Fsp3) is 0.250. The number of aliphatic hydroxyl groups excluding tert-OH is 1. The van der Waals surface area contributed by atoms with E-state index in [1.165, 1.54) is 0 Å². The van der Waals surface area contributed by atoms with Crippen molar-refractivity contribution in [3.8, 4) is 5.75 Å². The van der Waals surface area contributed by atoms with Crippen molar-refractivity contribution in [3.63, 3.8) is 0 Å². The van der Waals surface area contributed by atoms with E-state index in [9.17, 15) is 5.11 Å². The molecule has 4 heteroatoms. The molecule has 2 atom stereocenters. The van der Waals surface area contributed by atoms with Crippen molar-refractivity contribution < 1.29 is 9.84 Å². The quantitative estimate of drug-likeness (QED) is 0.522. The highest BCUT2D eigenvalue weighted by molar-refractivity contribution is 6.30. The number of nitrogens with two attached hydrogens (primary N) is 1. The first-order chi connectivity index (χ1) is 13.5. The number of halogens is 1. The van der Waals surface area contributed by atoms with E-state index >= 15 is 0 Å². The van der Waals surface area contributed by atoms with Crippen LogP contribution in [0.15, 0.2) is 78.9 Å². The van der Waals surface area contributed by atoms with Crippen LogP contribution in [0.4, 0.5) is 0 Å². The Morgan fingerprint density at radius 3 is 2.43 bits per heavy atom. The molecule has 0 aliphatic carbocycles. The summed E-state index contributed by atoms with van der Waals surface area (Å²) in [5.41, 5.74) is 8.62. The fourth-order valence-corrected chi connectivity index (χ4v) is 3.75. The maximum Gasteiger partial charge on any atom is 0.123 e. The summed E-state index contributed by atoms with van der Waals surface area (Å²) in [5, 5.41) is 10.6. The minimum Gasteiger partial charge on any atom is -0.489 e. The standard InChI is InChI=1S/C24H26ClNO2/c1-24(16-23(26)27,20-11-7-12-21(25)14-20)15-19-10-5-6-13-22(19)28-17-18-8-3-2-4-9-18/h2-14,23,27H,15-17,26H2,1H3/t23-,24?/m1/s1. The minimum atomic E-state index is -0.915. The number of hydrogen-bond donors (Lipinski definition) is 2. The van der Waals surface area contributed by atoms with E-state index in [4.69, 9.17) is 22.1 Å². The zero-order valence-electron chi connectivity index (χ0n) is 16.0. The lowest BCUT2D eigenvalue weighted by molar-refractivity contribution is 0.140. The number of hydrogen-bond acceptors (Lipinski definition) is 3. The van der Waals surface area contributed by atoms with Crippen LogP contribution in [0.5, 0.6) is 5.75 Å². The van der Waals surface area contributed by atoms with Gasteiger partial charge in [-0.2, -0.15) is 0 Å². The lowest BCUT2D eigenvalue weighted by Gasteiger charge is -2.32. The maximum atomic E-state index is 9.93. The van der Waals surface area contributed by atoms with Gasteiger partial charge in [-0.25, -0.2) is 0 Å². The van der Waals surface area contributed by atoms with Gasteiger partial charge in [0, 0.05) is 10.4 Å². The Bertz CT molecular complexity index is 898. The summed E-state index contributed by atoms with van der Waals surface area (Å²) in [6.07, 6.45) is 0.175. The lowest BCUT2D eigenvalue weighted by atomic mass is 9.74. The van der Waals surface area contributed by atoms with Crippen LogP contribution in [0.2, 0.25) is 5.02 Å². The van der Waals surface area contributed by atoms with Crippen LogP contribution in [-0.2, 0) is 18.4 Å². The monoisotopic (exact) mass is 395 g/mol. The number of aliphatic hydroxyl groups is 1. The van der Waals surface area contributed by atoms with E-state index in [0.29, 0.717) is 24.5 Å². The molecule has 3 aromatic carbocycles. The van der Waals surface area contributed by atoms with Gasteiger partial charge in [0.25, 0.3) is 0 Å². The number of para-hydroxylation sites is 1. The van der Waals surface area contributed by atoms with Crippen LogP contribution < -0.4 is 10.5 Å². The highest BCUT2D eigenvalue weighted by Gasteiger charge is 2.30. The van der Waals surface area contributed by atoms with Crippen LogP contribution in [0.25, 0.3) is 0 Å². The van der Waals surface area contributed by atoms with E-state index in [0.717, 1.165) is 22.4 Å².